The third kappa shape index (κ3) is 5.38. The van der Waals surface area contributed by atoms with Gasteiger partial charge in [0.25, 0.3) is 5.91 Å². The second kappa shape index (κ2) is 8.69. The Hall–Kier alpha value is -2.81. The number of nitrogens with one attached hydrogen (secondary N) is 1. The van der Waals surface area contributed by atoms with E-state index in [1.54, 1.807) is 44.2 Å². The van der Waals surface area contributed by atoms with Crippen LogP contribution in [0.15, 0.2) is 57.9 Å². The fourth-order valence-corrected chi connectivity index (χ4v) is 3.55. The van der Waals surface area contributed by atoms with Crippen molar-refractivity contribution >= 4 is 17.7 Å². The molecule has 0 radical (unpaired) electrons. The van der Waals surface area contributed by atoms with Crippen molar-refractivity contribution in [3.63, 3.8) is 0 Å². The number of carbonyl (C=O) groups is 1. The number of carbonyl (C=O) groups excluding carboxylic acids is 1. The highest BCUT2D eigenvalue weighted by Crippen LogP contribution is 2.31. The van der Waals surface area contributed by atoms with Crippen molar-refractivity contribution in [3.8, 4) is 0 Å². The van der Waals surface area contributed by atoms with Crippen molar-refractivity contribution in [1.82, 2.24) is 15.5 Å². The number of aromatic nitrogens is 2. The first kappa shape index (κ1) is 20.9. The van der Waals surface area contributed by atoms with E-state index in [1.807, 2.05) is 0 Å². The molecule has 1 atom stereocenters. The molecule has 3 rings (SSSR count). The monoisotopic (exact) mass is 421 g/mol. The number of nitrogens with zero attached hydrogens (tertiary/aromatic N) is 2. The molecule has 0 spiro atoms. The average Bonchev–Trinajstić information content (AvgIpc) is 3.11. The van der Waals surface area contributed by atoms with Crippen molar-refractivity contribution in [2.45, 2.75) is 36.7 Å². The quantitative estimate of drug-likeness (QED) is 0.556. The first-order valence-corrected chi connectivity index (χ1v) is 9.71. The van der Waals surface area contributed by atoms with E-state index in [-0.39, 0.29) is 5.91 Å². The molecule has 1 amide bonds. The van der Waals surface area contributed by atoms with Gasteiger partial charge in [-0.05, 0) is 43.7 Å². The van der Waals surface area contributed by atoms with Crippen LogP contribution in [-0.2, 0) is 11.9 Å². The number of aryl methyl sites for hydroxylation is 1. The largest absolute Gasteiger partial charge is 0.416 e. The van der Waals surface area contributed by atoms with Crippen LogP contribution in [0, 0.1) is 6.92 Å². The van der Waals surface area contributed by atoms with Gasteiger partial charge in [-0.2, -0.15) is 18.2 Å². The van der Waals surface area contributed by atoms with Gasteiger partial charge in [0.15, 0.2) is 5.82 Å². The number of amides is 1. The number of alkyl halides is 3. The van der Waals surface area contributed by atoms with Gasteiger partial charge >= 0.3 is 6.18 Å². The summed E-state index contributed by atoms with van der Waals surface area (Å²) >= 11 is 1.36. The van der Waals surface area contributed by atoms with Gasteiger partial charge in [-0.25, -0.2) is 0 Å². The van der Waals surface area contributed by atoms with Crippen molar-refractivity contribution in [2.75, 3.05) is 0 Å². The van der Waals surface area contributed by atoms with E-state index >= 15 is 0 Å². The maximum atomic E-state index is 12.9. The summed E-state index contributed by atoms with van der Waals surface area (Å²) in [6.45, 7) is 3.36. The Bertz CT molecular complexity index is 1000. The summed E-state index contributed by atoms with van der Waals surface area (Å²) in [5, 5.41) is 6.49. The lowest BCUT2D eigenvalue weighted by atomic mass is 10.0. The molecule has 3 aromatic rings. The summed E-state index contributed by atoms with van der Waals surface area (Å²) in [5.41, 5.74) is 0.0501. The fraction of sp³-hybridized carbons (Fsp3) is 0.250. The Labute approximate surface area is 169 Å². The smallest absolute Gasteiger partial charge is 0.345 e. The molecular weight excluding hydrogens is 403 g/mol. The molecule has 152 valence electrons. The molecule has 0 fully saturated rings. The summed E-state index contributed by atoms with van der Waals surface area (Å²) in [4.78, 5) is 17.6. The van der Waals surface area contributed by atoms with Gasteiger partial charge in [0.2, 0.25) is 5.89 Å². The molecule has 1 aromatic heterocycles. The highest BCUT2D eigenvalue weighted by atomic mass is 32.2. The number of halogens is 3. The summed E-state index contributed by atoms with van der Waals surface area (Å²) in [6, 6.07) is 11.3. The van der Waals surface area contributed by atoms with Gasteiger partial charge in [0.05, 0.1) is 22.9 Å². The summed E-state index contributed by atoms with van der Waals surface area (Å²) < 4.78 is 43.9. The fourth-order valence-electron chi connectivity index (χ4n) is 2.66. The van der Waals surface area contributed by atoms with Gasteiger partial charge in [-0.1, -0.05) is 29.4 Å². The molecule has 29 heavy (non-hydrogen) atoms. The van der Waals surface area contributed by atoms with Crippen LogP contribution in [0.25, 0.3) is 0 Å². The molecule has 0 saturated carbocycles. The Balaban J connectivity index is 1.72. The minimum absolute atomic E-state index is 0.375. The molecule has 1 heterocycles. The van der Waals surface area contributed by atoms with Gasteiger partial charge in [-0.3, -0.25) is 4.79 Å². The Kier molecular flexibility index (Phi) is 6.26. The highest BCUT2D eigenvalue weighted by molar-refractivity contribution is 7.98. The van der Waals surface area contributed by atoms with Crippen LogP contribution in [0.3, 0.4) is 0 Å². The molecule has 1 N–H and O–H groups in total. The van der Waals surface area contributed by atoms with Crippen LogP contribution in [0.1, 0.15) is 46.2 Å². The van der Waals surface area contributed by atoms with Crippen molar-refractivity contribution < 1.29 is 22.5 Å². The second-order valence-corrected chi connectivity index (χ2v) is 7.36. The predicted octanol–water partition coefficient (Wildman–Crippen LogP) is 5.18. The molecule has 5 nitrogen and oxygen atoms in total. The molecule has 0 bridgehead atoms. The number of benzene rings is 2. The molecule has 9 heteroatoms. The zero-order valence-electron chi connectivity index (χ0n) is 15.7. The molecule has 0 saturated heterocycles. The third-order valence-corrected chi connectivity index (χ3v) is 5.17. The molecule has 1 unspecified atom stereocenters. The number of rotatable bonds is 6. The maximum absolute atomic E-state index is 12.9. The second-order valence-electron chi connectivity index (χ2n) is 6.34. The predicted molar refractivity (Wildman–Crippen MR) is 102 cm³/mol. The van der Waals surface area contributed by atoms with E-state index in [1.165, 1.54) is 17.8 Å². The molecular formula is C20H18F3N3O2S. The van der Waals surface area contributed by atoms with Gasteiger partial charge in [-0.15, -0.1) is 11.8 Å². The van der Waals surface area contributed by atoms with Crippen LogP contribution in [-0.4, -0.2) is 16.0 Å². The standard InChI is InChI=1S/C20H18F3N3O2S/c1-12(14-6-5-7-15(10-14)20(21,22)23)24-19(27)16-8-3-4-9-17(16)29-11-18-25-13(2)26-28-18/h3-10,12H,11H2,1-2H3,(H,24,27). The molecule has 2 aromatic carbocycles. The lowest BCUT2D eigenvalue weighted by molar-refractivity contribution is -0.137. The zero-order chi connectivity index (χ0) is 21.0. The Morgan fingerprint density at radius 3 is 2.66 bits per heavy atom. The lowest BCUT2D eigenvalue weighted by Crippen LogP contribution is -2.27. The van der Waals surface area contributed by atoms with Crippen molar-refractivity contribution in [1.29, 1.82) is 0 Å². The Morgan fingerprint density at radius 1 is 1.21 bits per heavy atom. The highest BCUT2D eigenvalue weighted by Gasteiger charge is 2.30. The van der Waals surface area contributed by atoms with Crippen molar-refractivity contribution in [2.24, 2.45) is 0 Å². The number of hydrogen-bond acceptors (Lipinski definition) is 5. The van der Waals surface area contributed by atoms with Crippen LogP contribution < -0.4 is 5.32 Å². The van der Waals surface area contributed by atoms with Gasteiger partial charge in [0, 0.05) is 4.90 Å². The van der Waals surface area contributed by atoms with E-state index in [2.05, 4.69) is 15.5 Å². The molecule has 0 aliphatic heterocycles. The van der Waals surface area contributed by atoms with E-state index < -0.39 is 17.8 Å². The lowest BCUT2D eigenvalue weighted by Gasteiger charge is -2.17. The first-order chi connectivity index (χ1) is 13.7. The third-order valence-electron chi connectivity index (χ3n) is 4.11. The number of hydrogen-bond donors (Lipinski definition) is 1. The summed E-state index contributed by atoms with van der Waals surface area (Å²) in [7, 11) is 0. The normalized spacial score (nSPS) is 12.6. The van der Waals surface area contributed by atoms with E-state index in [0.717, 1.165) is 12.1 Å². The van der Waals surface area contributed by atoms with Crippen LogP contribution in [0.4, 0.5) is 13.2 Å². The number of thioether (sulfide) groups is 1. The molecule has 0 aliphatic carbocycles. The van der Waals surface area contributed by atoms with E-state index in [0.29, 0.717) is 33.5 Å². The molecule has 0 aliphatic rings. The zero-order valence-corrected chi connectivity index (χ0v) is 16.5. The summed E-state index contributed by atoms with van der Waals surface area (Å²) in [6.07, 6.45) is -4.43. The Morgan fingerprint density at radius 2 is 1.97 bits per heavy atom. The average molecular weight is 421 g/mol. The van der Waals surface area contributed by atoms with E-state index in [4.69, 9.17) is 4.52 Å². The van der Waals surface area contributed by atoms with E-state index in [9.17, 15) is 18.0 Å². The van der Waals surface area contributed by atoms with Crippen LogP contribution in [0.2, 0.25) is 0 Å². The first-order valence-electron chi connectivity index (χ1n) is 8.73. The minimum atomic E-state index is -4.43. The maximum Gasteiger partial charge on any atom is 0.416 e. The van der Waals surface area contributed by atoms with Gasteiger partial charge < -0.3 is 9.84 Å². The summed E-state index contributed by atoms with van der Waals surface area (Å²) in [5.74, 6) is 0.996. The SMILES string of the molecule is Cc1noc(CSc2ccccc2C(=O)NC(C)c2cccc(C(F)(F)F)c2)n1. The minimum Gasteiger partial charge on any atom is -0.345 e. The van der Waals surface area contributed by atoms with Gasteiger partial charge in [0.1, 0.15) is 0 Å². The van der Waals surface area contributed by atoms with Crippen LogP contribution >= 0.6 is 11.8 Å². The van der Waals surface area contributed by atoms with Crippen molar-refractivity contribution in [3.05, 3.63) is 76.9 Å². The van der Waals surface area contributed by atoms with Crippen LogP contribution in [0.5, 0.6) is 0 Å². The topological polar surface area (TPSA) is 68.0 Å².